The number of nitrogens with zero attached hydrogens (tertiary/aromatic N) is 3. The van der Waals surface area contributed by atoms with Gasteiger partial charge in [0, 0.05) is 26.0 Å². The van der Waals surface area contributed by atoms with Crippen LogP contribution in [0.25, 0.3) is 0 Å². The van der Waals surface area contributed by atoms with E-state index in [0.717, 1.165) is 19.4 Å². The van der Waals surface area contributed by atoms with E-state index in [4.69, 9.17) is 0 Å². The third kappa shape index (κ3) is 4.04. The summed E-state index contributed by atoms with van der Waals surface area (Å²) in [6, 6.07) is 3.88. The molecule has 0 bridgehead atoms. The fourth-order valence-electron chi connectivity index (χ4n) is 2.61. The zero-order valence-corrected chi connectivity index (χ0v) is 13.7. The van der Waals surface area contributed by atoms with E-state index in [1.807, 2.05) is 29.5 Å². The van der Waals surface area contributed by atoms with Crippen molar-refractivity contribution in [3.8, 4) is 0 Å². The Labute approximate surface area is 130 Å². The van der Waals surface area contributed by atoms with Gasteiger partial charge in [0.05, 0.1) is 19.1 Å². The lowest BCUT2D eigenvalue weighted by Gasteiger charge is -2.27. The van der Waals surface area contributed by atoms with Gasteiger partial charge in [-0.1, -0.05) is 6.07 Å². The third-order valence-electron chi connectivity index (χ3n) is 3.83. The average molecular weight is 309 g/mol. The minimum Gasteiger partial charge on any atom is -0.347 e. The van der Waals surface area contributed by atoms with Gasteiger partial charge >= 0.3 is 0 Å². The maximum absolute atomic E-state index is 12.3. The van der Waals surface area contributed by atoms with Gasteiger partial charge in [-0.15, -0.1) is 11.3 Å². The van der Waals surface area contributed by atoms with Crippen molar-refractivity contribution in [3.05, 3.63) is 22.4 Å². The Hall–Kier alpha value is -1.40. The van der Waals surface area contributed by atoms with E-state index in [-0.39, 0.29) is 17.9 Å². The van der Waals surface area contributed by atoms with Gasteiger partial charge in [0.25, 0.3) is 0 Å². The second kappa shape index (κ2) is 7.04. The van der Waals surface area contributed by atoms with Gasteiger partial charge in [-0.05, 0) is 30.8 Å². The summed E-state index contributed by atoms with van der Waals surface area (Å²) in [7, 11) is 5.36. The second-order valence-electron chi connectivity index (χ2n) is 5.69. The van der Waals surface area contributed by atoms with Crippen LogP contribution in [0.4, 0.5) is 0 Å². The van der Waals surface area contributed by atoms with Crippen LogP contribution in [0, 0.1) is 0 Å². The smallest absolute Gasteiger partial charge is 0.239 e. The number of hydrogen-bond acceptors (Lipinski definition) is 4. The van der Waals surface area contributed by atoms with Crippen LogP contribution in [0.5, 0.6) is 0 Å². The Balaban J connectivity index is 1.90. The molecule has 5 nitrogen and oxygen atoms in total. The average Bonchev–Trinajstić information content (AvgIpc) is 3.09. The van der Waals surface area contributed by atoms with E-state index in [0.29, 0.717) is 13.1 Å². The molecule has 1 aromatic heterocycles. The van der Waals surface area contributed by atoms with Gasteiger partial charge in [-0.3, -0.25) is 14.5 Å². The summed E-state index contributed by atoms with van der Waals surface area (Å²) in [5, 5.41) is 2.01. The molecule has 1 aliphatic heterocycles. The molecule has 6 heteroatoms. The van der Waals surface area contributed by atoms with E-state index >= 15 is 0 Å². The lowest BCUT2D eigenvalue weighted by atomic mass is 10.2. The molecule has 1 saturated heterocycles. The quantitative estimate of drug-likeness (QED) is 0.822. The number of carbonyl (C=O) groups is 2. The van der Waals surface area contributed by atoms with Crippen LogP contribution in [0.2, 0.25) is 0 Å². The summed E-state index contributed by atoms with van der Waals surface area (Å²) in [5.41, 5.74) is 0. The highest BCUT2D eigenvalue weighted by Crippen LogP contribution is 2.19. The monoisotopic (exact) mass is 309 g/mol. The first-order valence-electron chi connectivity index (χ1n) is 7.20. The Kier molecular flexibility index (Phi) is 5.36. The highest BCUT2D eigenvalue weighted by Gasteiger charge is 2.33. The number of amides is 2. The summed E-state index contributed by atoms with van der Waals surface area (Å²) in [5.74, 6) is 0.170. The molecule has 2 heterocycles. The van der Waals surface area contributed by atoms with E-state index in [2.05, 4.69) is 0 Å². The summed E-state index contributed by atoms with van der Waals surface area (Å²) in [6.45, 7) is 1.78. The van der Waals surface area contributed by atoms with Crippen molar-refractivity contribution in [2.45, 2.75) is 25.4 Å². The minimum absolute atomic E-state index is 0.0712. The molecule has 1 aliphatic rings. The third-order valence-corrected chi connectivity index (χ3v) is 4.69. The Morgan fingerprint density at radius 2 is 2.14 bits per heavy atom. The van der Waals surface area contributed by atoms with Gasteiger partial charge in [-0.2, -0.15) is 0 Å². The Bertz CT molecular complexity index is 487. The molecule has 116 valence electrons. The number of carbonyl (C=O) groups excluding carboxylic acids is 2. The van der Waals surface area contributed by atoms with Crippen LogP contribution in [0.15, 0.2) is 17.5 Å². The lowest BCUT2D eigenvalue weighted by molar-refractivity contribution is -0.136. The maximum atomic E-state index is 12.3. The SMILES string of the molecule is CN(C)C(=O)C1CCCN1CC(=O)N(C)Cc1cccs1. The number of likely N-dealkylation sites (tertiary alicyclic amines) is 1. The summed E-state index contributed by atoms with van der Waals surface area (Å²) < 4.78 is 0. The van der Waals surface area contributed by atoms with Crippen molar-refractivity contribution < 1.29 is 9.59 Å². The van der Waals surface area contributed by atoms with Crippen LogP contribution < -0.4 is 0 Å². The molecule has 0 aliphatic carbocycles. The zero-order chi connectivity index (χ0) is 15.4. The van der Waals surface area contributed by atoms with E-state index in [1.54, 1.807) is 35.2 Å². The van der Waals surface area contributed by atoms with Crippen LogP contribution >= 0.6 is 11.3 Å². The van der Waals surface area contributed by atoms with Crippen LogP contribution in [-0.2, 0) is 16.1 Å². The molecule has 0 aromatic carbocycles. The fraction of sp³-hybridized carbons (Fsp3) is 0.600. The zero-order valence-electron chi connectivity index (χ0n) is 12.9. The van der Waals surface area contributed by atoms with E-state index in [9.17, 15) is 9.59 Å². The molecule has 1 atom stereocenters. The molecular formula is C15H23N3O2S. The molecule has 1 aromatic rings. The molecule has 1 fully saturated rings. The summed E-state index contributed by atoms with van der Waals surface area (Å²) >= 11 is 1.65. The first kappa shape index (κ1) is 16.0. The largest absolute Gasteiger partial charge is 0.347 e. The molecule has 0 radical (unpaired) electrons. The number of hydrogen-bond donors (Lipinski definition) is 0. The minimum atomic E-state index is -0.140. The van der Waals surface area contributed by atoms with Crippen molar-refractivity contribution in [2.24, 2.45) is 0 Å². The van der Waals surface area contributed by atoms with Gasteiger partial charge in [0.2, 0.25) is 11.8 Å². The number of rotatable bonds is 5. The number of thiophene rings is 1. The highest BCUT2D eigenvalue weighted by molar-refractivity contribution is 7.09. The van der Waals surface area contributed by atoms with E-state index in [1.165, 1.54) is 4.88 Å². The topological polar surface area (TPSA) is 43.9 Å². The normalized spacial score (nSPS) is 18.7. The summed E-state index contributed by atoms with van der Waals surface area (Å²) in [4.78, 5) is 31.0. The van der Waals surface area contributed by atoms with Gasteiger partial charge in [0.15, 0.2) is 0 Å². The van der Waals surface area contributed by atoms with Gasteiger partial charge < -0.3 is 9.80 Å². The molecule has 21 heavy (non-hydrogen) atoms. The second-order valence-corrected chi connectivity index (χ2v) is 6.72. The molecule has 1 unspecified atom stereocenters. The molecule has 0 N–H and O–H groups in total. The molecule has 2 rings (SSSR count). The molecule has 0 spiro atoms. The Morgan fingerprint density at radius 1 is 1.38 bits per heavy atom. The van der Waals surface area contributed by atoms with Gasteiger partial charge in [-0.25, -0.2) is 0 Å². The van der Waals surface area contributed by atoms with Crippen molar-refractivity contribution >= 4 is 23.2 Å². The van der Waals surface area contributed by atoms with Crippen molar-refractivity contribution in [3.63, 3.8) is 0 Å². The highest BCUT2D eigenvalue weighted by atomic mass is 32.1. The van der Waals surface area contributed by atoms with Crippen molar-refractivity contribution in [2.75, 3.05) is 34.2 Å². The van der Waals surface area contributed by atoms with Crippen molar-refractivity contribution in [1.29, 1.82) is 0 Å². The molecule has 2 amide bonds. The predicted molar refractivity (Wildman–Crippen MR) is 84.1 cm³/mol. The van der Waals surface area contributed by atoms with Crippen LogP contribution in [0.1, 0.15) is 17.7 Å². The fourth-order valence-corrected chi connectivity index (χ4v) is 3.37. The van der Waals surface area contributed by atoms with E-state index < -0.39 is 0 Å². The maximum Gasteiger partial charge on any atom is 0.239 e. The summed E-state index contributed by atoms with van der Waals surface area (Å²) in [6.07, 6.45) is 1.82. The van der Waals surface area contributed by atoms with Crippen LogP contribution in [-0.4, -0.2) is 66.8 Å². The first-order chi connectivity index (χ1) is 9.99. The molecule has 0 saturated carbocycles. The molecular weight excluding hydrogens is 286 g/mol. The Morgan fingerprint density at radius 3 is 2.76 bits per heavy atom. The van der Waals surface area contributed by atoms with Gasteiger partial charge in [0.1, 0.15) is 0 Å². The predicted octanol–water partition coefficient (Wildman–Crippen LogP) is 1.26. The lowest BCUT2D eigenvalue weighted by Crippen LogP contribution is -2.46. The standard InChI is InChI=1S/C15H23N3O2S/c1-16(2)15(20)13-7-4-8-18(13)11-14(19)17(3)10-12-6-5-9-21-12/h5-6,9,13H,4,7-8,10-11H2,1-3H3. The first-order valence-corrected chi connectivity index (χ1v) is 8.08. The van der Waals surface area contributed by atoms with Crippen LogP contribution in [0.3, 0.4) is 0 Å². The van der Waals surface area contributed by atoms with Crippen molar-refractivity contribution in [1.82, 2.24) is 14.7 Å². The number of likely N-dealkylation sites (N-methyl/N-ethyl adjacent to an activating group) is 2.